The van der Waals surface area contributed by atoms with Crippen LogP contribution < -0.4 is 0 Å². The highest BCUT2D eigenvalue weighted by atomic mass is 32.2. The van der Waals surface area contributed by atoms with E-state index in [-0.39, 0.29) is 29.2 Å². The first-order valence-electron chi connectivity index (χ1n) is 9.90. The maximum Gasteiger partial charge on any atom is 0.233 e. The molecule has 7 nitrogen and oxygen atoms in total. The zero-order valence-electron chi connectivity index (χ0n) is 17.2. The van der Waals surface area contributed by atoms with Crippen molar-refractivity contribution in [3.05, 3.63) is 29.8 Å². The van der Waals surface area contributed by atoms with E-state index in [1.807, 2.05) is 42.8 Å². The van der Waals surface area contributed by atoms with Crippen LogP contribution in [-0.2, 0) is 21.7 Å². The molecule has 0 saturated carbocycles. The number of carbonyl (C=O) groups is 1. The highest BCUT2D eigenvalue weighted by Gasteiger charge is 2.34. The lowest BCUT2D eigenvalue weighted by Crippen LogP contribution is -2.42. The molecule has 1 saturated heterocycles. The number of aromatic nitrogens is 3. The largest absolute Gasteiger partial charge is 0.338 e. The molecule has 1 unspecified atom stereocenters. The number of aryl methyl sites for hydroxylation is 1. The van der Waals surface area contributed by atoms with E-state index in [0.717, 1.165) is 24.2 Å². The Hall–Kier alpha value is -1.87. The van der Waals surface area contributed by atoms with Gasteiger partial charge in [0.15, 0.2) is 20.8 Å². The third-order valence-electron chi connectivity index (χ3n) is 5.19. The maximum atomic E-state index is 12.9. The molecule has 0 radical (unpaired) electrons. The van der Waals surface area contributed by atoms with Gasteiger partial charge in [0.1, 0.15) is 0 Å². The lowest BCUT2D eigenvalue weighted by Gasteiger charge is -2.28. The minimum absolute atomic E-state index is 0.0366. The Morgan fingerprint density at radius 2 is 2.00 bits per heavy atom. The van der Waals surface area contributed by atoms with Gasteiger partial charge in [-0.2, -0.15) is 0 Å². The Morgan fingerprint density at radius 1 is 1.28 bits per heavy atom. The molecule has 2 heterocycles. The first kappa shape index (κ1) is 21.8. The van der Waals surface area contributed by atoms with Gasteiger partial charge in [-0.05, 0) is 19.8 Å². The van der Waals surface area contributed by atoms with Crippen molar-refractivity contribution in [1.82, 2.24) is 19.7 Å². The summed E-state index contributed by atoms with van der Waals surface area (Å²) >= 11 is 1.34. The third kappa shape index (κ3) is 5.39. The van der Waals surface area contributed by atoms with Crippen LogP contribution in [0.25, 0.3) is 11.4 Å². The van der Waals surface area contributed by atoms with Gasteiger partial charge < -0.3 is 9.47 Å². The lowest BCUT2D eigenvalue weighted by atomic mass is 10.1. The fraction of sp³-hybridized carbons (Fsp3) is 0.550. The molecular formula is C20H28N4O3S2. The molecule has 3 rings (SSSR count). The van der Waals surface area contributed by atoms with Crippen molar-refractivity contribution in [2.24, 2.45) is 7.05 Å². The number of carbonyl (C=O) groups excluding carboxylic acids is 1. The summed E-state index contributed by atoms with van der Waals surface area (Å²) in [4.78, 5) is 14.7. The van der Waals surface area contributed by atoms with E-state index >= 15 is 0 Å². The minimum Gasteiger partial charge on any atom is -0.338 e. The molecule has 0 spiro atoms. The van der Waals surface area contributed by atoms with Crippen LogP contribution in [0.2, 0.25) is 0 Å². The van der Waals surface area contributed by atoms with E-state index in [1.54, 1.807) is 4.90 Å². The summed E-state index contributed by atoms with van der Waals surface area (Å²) < 4.78 is 25.6. The van der Waals surface area contributed by atoms with E-state index in [1.165, 1.54) is 17.3 Å². The van der Waals surface area contributed by atoms with E-state index in [0.29, 0.717) is 18.1 Å². The number of thioether (sulfide) groups is 1. The number of rotatable bonds is 8. The Morgan fingerprint density at radius 3 is 2.62 bits per heavy atom. The van der Waals surface area contributed by atoms with E-state index in [4.69, 9.17) is 0 Å². The molecule has 1 fully saturated rings. The second kappa shape index (κ2) is 9.30. The SMILES string of the molecule is CCCCN(C(=O)CSc1nnc(-c2ccc(C)cc2)n1C)C1CCS(=O)(=O)C1. The predicted octanol–water partition coefficient (Wildman–Crippen LogP) is 2.70. The van der Waals surface area contributed by atoms with Crippen LogP contribution in [0.1, 0.15) is 31.7 Å². The molecule has 0 aliphatic carbocycles. The van der Waals surface area contributed by atoms with Gasteiger partial charge in [0, 0.05) is 25.2 Å². The Balaban J connectivity index is 1.67. The number of hydrogen-bond acceptors (Lipinski definition) is 6. The predicted molar refractivity (Wildman–Crippen MR) is 116 cm³/mol. The zero-order valence-corrected chi connectivity index (χ0v) is 18.8. The second-order valence-corrected chi connectivity index (χ2v) is 10.7. The lowest BCUT2D eigenvalue weighted by molar-refractivity contribution is -0.130. The summed E-state index contributed by atoms with van der Waals surface area (Å²) in [6.45, 7) is 4.70. The van der Waals surface area contributed by atoms with Crippen molar-refractivity contribution in [3.63, 3.8) is 0 Å². The average Bonchev–Trinajstić information content (AvgIpc) is 3.23. The van der Waals surface area contributed by atoms with Gasteiger partial charge >= 0.3 is 0 Å². The molecule has 1 aromatic carbocycles. The average molecular weight is 437 g/mol. The summed E-state index contributed by atoms with van der Waals surface area (Å²) in [5, 5.41) is 9.18. The standard InChI is InChI=1S/C20H28N4O3S2/c1-4-5-11-24(17-10-12-29(26,27)14-17)18(25)13-28-20-22-21-19(23(20)3)16-8-6-15(2)7-9-16/h6-9,17H,4-5,10-14H2,1-3H3. The Labute approximate surface area is 176 Å². The van der Waals surface area contributed by atoms with Gasteiger partial charge in [-0.1, -0.05) is 54.9 Å². The second-order valence-electron chi connectivity index (χ2n) is 7.52. The first-order chi connectivity index (χ1) is 13.8. The summed E-state index contributed by atoms with van der Waals surface area (Å²) in [6.07, 6.45) is 2.36. The molecule has 0 bridgehead atoms. The summed E-state index contributed by atoms with van der Waals surface area (Å²) in [5.41, 5.74) is 2.15. The normalized spacial score (nSPS) is 18.1. The van der Waals surface area contributed by atoms with Crippen LogP contribution in [0.4, 0.5) is 0 Å². The minimum atomic E-state index is -3.03. The zero-order chi connectivity index (χ0) is 21.0. The molecule has 1 amide bonds. The third-order valence-corrected chi connectivity index (χ3v) is 7.95. The van der Waals surface area contributed by atoms with Gasteiger partial charge in [0.25, 0.3) is 0 Å². The van der Waals surface area contributed by atoms with Gasteiger partial charge in [0.05, 0.1) is 17.3 Å². The topological polar surface area (TPSA) is 85.2 Å². The summed E-state index contributed by atoms with van der Waals surface area (Å²) in [5.74, 6) is 1.19. The number of sulfone groups is 1. The molecule has 1 atom stereocenters. The molecule has 9 heteroatoms. The van der Waals surface area contributed by atoms with Crippen molar-refractivity contribution >= 4 is 27.5 Å². The van der Waals surface area contributed by atoms with Gasteiger partial charge in [-0.25, -0.2) is 8.42 Å². The summed E-state index contributed by atoms with van der Waals surface area (Å²) in [6, 6.07) is 7.86. The van der Waals surface area contributed by atoms with Crippen LogP contribution >= 0.6 is 11.8 Å². The van der Waals surface area contributed by atoms with Crippen LogP contribution in [0, 0.1) is 6.92 Å². The Kier molecular flexibility index (Phi) is 7.00. The smallest absolute Gasteiger partial charge is 0.233 e. The molecule has 1 aliphatic rings. The van der Waals surface area contributed by atoms with Crippen molar-refractivity contribution in [2.45, 2.75) is 44.3 Å². The van der Waals surface area contributed by atoms with E-state index in [2.05, 4.69) is 17.1 Å². The highest BCUT2D eigenvalue weighted by Crippen LogP contribution is 2.25. The number of nitrogens with zero attached hydrogens (tertiary/aromatic N) is 4. The molecule has 1 aliphatic heterocycles. The van der Waals surface area contributed by atoms with Gasteiger partial charge in [-0.15, -0.1) is 10.2 Å². The highest BCUT2D eigenvalue weighted by molar-refractivity contribution is 7.99. The van der Waals surface area contributed by atoms with Gasteiger partial charge in [-0.3, -0.25) is 4.79 Å². The van der Waals surface area contributed by atoms with E-state index in [9.17, 15) is 13.2 Å². The molecule has 1 aromatic heterocycles. The molecular weight excluding hydrogens is 408 g/mol. The molecule has 158 valence electrons. The number of unbranched alkanes of at least 4 members (excludes halogenated alkanes) is 1. The number of amides is 1. The van der Waals surface area contributed by atoms with Crippen LogP contribution in [0.3, 0.4) is 0 Å². The molecule has 2 aromatic rings. The van der Waals surface area contributed by atoms with Gasteiger partial charge in [0.2, 0.25) is 5.91 Å². The van der Waals surface area contributed by atoms with Crippen LogP contribution in [0.5, 0.6) is 0 Å². The van der Waals surface area contributed by atoms with Crippen LogP contribution in [0.15, 0.2) is 29.4 Å². The fourth-order valence-electron chi connectivity index (χ4n) is 3.46. The first-order valence-corrected chi connectivity index (χ1v) is 12.7. The molecule has 29 heavy (non-hydrogen) atoms. The number of hydrogen-bond donors (Lipinski definition) is 0. The maximum absolute atomic E-state index is 12.9. The monoisotopic (exact) mass is 436 g/mol. The Bertz CT molecular complexity index is 955. The summed E-state index contributed by atoms with van der Waals surface area (Å²) in [7, 11) is -1.14. The number of benzene rings is 1. The molecule has 0 N–H and O–H groups in total. The van der Waals surface area contributed by atoms with Crippen molar-refractivity contribution < 1.29 is 13.2 Å². The van der Waals surface area contributed by atoms with E-state index < -0.39 is 9.84 Å². The quantitative estimate of drug-likeness (QED) is 0.592. The fourth-order valence-corrected chi connectivity index (χ4v) is 5.99. The van der Waals surface area contributed by atoms with Crippen molar-refractivity contribution in [3.8, 4) is 11.4 Å². The van der Waals surface area contributed by atoms with Crippen molar-refractivity contribution in [1.29, 1.82) is 0 Å². The van der Waals surface area contributed by atoms with Crippen LogP contribution in [-0.4, -0.2) is 63.8 Å². The van der Waals surface area contributed by atoms with Crippen molar-refractivity contribution in [2.75, 3.05) is 23.8 Å².